The van der Waals surface area contributed by atoms with Crippen LogP contribution in [-0.2, 0) is 47.4 Å². The zero-order valence-electron chi connectivity index (χ0n) is 31.8. The lowest BCUT2D eigenvalue weighted by Crippen LogP contribution is -2.29. The van der Waals surface area contributed by atoms with Gasteiger partial charge in [-0.05, 0) is 46.5 Å². The Morgan fingerprint density at radius 2 is 0.909 bits per heavy atom. The van der Waals surface area contributed by atoms with Crippen molar-refractivity contribution < 1.29 is 57.0 Å². The predicted molar refractivity (Wildman–Crippen MR) is 206 cm³/mol. The smallest absolute Gasteiger partial charge is 0.407 e. The van der Waals surface area contributed by atoms with Crippen LogP contribution in [0.5, 0.6) is 5.75 Å². The number of ether oxygens (including phenoxy) is 10. The summed E-state index contributed by atoms with van der Waals surface area (Å²) in [5.41, 5.74) is 5.49. The predicted octanol–water partition coefficient (Wildman–Crippen LogP) is 4.70. The maximum atomic E-state index is 12.2. The first-order valence-electron chi connectivity index (χ1n) is 18.8. The Bertz CT molecular complexity index is 1450. The number of fused-ring (bicyclic) bond motifs is 3. The van der Waals surface area contributed by atoms with E-state index in [9.17, 15) is 9.59 Å². The van der Waals surface area contributed by atoms with Crippen molar-refractivity contribution in [2.45, 2.75) is 12.8 Å². The highest BCUT2D eigenvalue weighted by Gasteiger charge is 2.28. The number of carbonyl (C=O) groups is 2. The lowest BCUT2D eigenvalue weighted by atomic mass is 9.98. The molecule has 0 fully saturated rings. The van der Waals surface area contributed by atoms with Crippen LogP contribution in [0.3, 0.4) is 0 Å². The molecule has 14 heteroatoms. The van der Waals surface area contributed by atoms with Crippen molar-refractivity contribution in [3.05, 3.63) is 83.9 Å². The molecule has 0 aliphatic heterocycles. The van der Waals surface area contributed by atoms with Crippen LogP contribution in [0.1, 0.15) is 24.0 Å². The number of nitrogens with one attached hydrogen (secondary N) is 2. The van der Waals surface area contributed by atoms with Gasteiger partial charge in [0.15, 0.2) is 0 Å². The third-order valence-electron chi connectivity index (χ3n) is 8.13. The number of anilines is 1. The van der Waals surface area contributed by atoms with Gasteiger partial charge in [-0.25, -0.2) is 4.79 Å². The second kappa shape index (κ2) is 27.5. The van der Waals surface area contributed by atoms with Crippen LogP contribution in [0.4, 0.5) is 10.5 Å². The highest BCUT2D eigenvalue weighted by atomic mass is 16.6. The van der Waals surface area contributed by atoms with Gasteiger partial charge in [0.05, 0.1) is 106 Å². The van der Waals surface area contributed by atoms with E-state index in [0.29, 0.717) is 125 Å². The molecule has 55 heavy (non-hydrogen) atoms. The fourth-order valence-electron chi connectivity index (χ4n) is 5.57. The zero-order chi connectivity index (χ0) is 38.6. The monoisotopic (exact) mass is 768 g/mol. The third kappa shape index (κ3) is 17.9. The van der Waals surface area contributed by atoms with Gasteiger partial charge in [-0.2, -0.15) is 0 Å². The molecule has 3 aromatic carbocycles. The lowest BCUT2D eigenvalue weighted by molar-refractivity contribution is -0.114. The molecule has 2 amide bonds. The fourth-order valence-corrected chi connectivity index (χ4v) is 5.57. The van der Waals surface area contributed by atoms with E-state index in [2.05, 4.69) is 34.9 Å². The van der Waals surface area contributed by atoms with E-state index < -0.39 is 6.09 Å². The van der Waals surface area contributed by atoms with Crippen molar-refractivity contribution in [2.24, 2.45) is 0 Å². The molecule has 14 nitrogen and oxygen atoms in total. The minimum atomic E-state index is -0.455. The highest BCUT2D eigenvalue weighted by Crippen LogP contribution is 2.44. The van der Waals surface area contributed by atoms with Gasteiger partial charge < -0.3 is 58.0 Å². The maximum absolute atomic E-state index is 12.2. The standard InChI is InChI=1S/C41H56N2O12/c1-33(44)43-34-10-12-35(13-11-34)54-31-30-53-29-28-52-27-26-51-25-24-50-23-22-49-21-20-48-19-18-47-17-16-46-15-14-42-41(45)55-32-40-38-8-4-2-6-36(38)37-7-3-5-9-39(37)40/h2-13,40H,14-32H2,1H3,(H,42,45)(H,43,44). The number of hydrogen-bond acceptors (Lipinski definition) is 12. The van der Waals surface area contributed by atoms with Gasteiger partial charge in [-0.1, -0.05) is 48.5 Å². The molecule has 0 bridgehead atoms. The van der Waals surface area contributed by atoms with E-state index in [1.165, 1.54) is 29.2 Å². The number of hydrogen-bond donors (Lipinski definition) is 2. The summed E-state index contributed by atoms with van der Waals surface area (Å²) >= 11 is 0. The normalized spacial score (nSPS) is 11.9. The number of benzene rings is 3. The second-order valence-electron chi connectivity index (χ2n) is 12.2. The van der Waals surface area contributed by atoms with E-state index in [-0.39, 0.29) is 18.4 Å². The topological polar surface area (TPSA) is 151 Å². The van der Waals surface area contributed by atoms with Gasteiger partial charge in [-0.15, -0.1) is 0 Å². The molecule has 302 valence electrons. The Morgan fingerprint density at radius 1 is 0.509 bits per heavy atom. The van der Waals surface area contributed by atoms with Gasteiger partial charge >= 0.3 is 6.09 Å². The molecule has 1 aliphatic carbocycles. The molecular formula is C41H56N2O12. The molecule has 0 atom stereocenters. The highest BCUT2D eigenvalue weighted by molar-refractivity contribution is 5.88. The van der Waals surface area contributed by atoms with Crippen molar-refractivity contribution in [3.63, 3.8) is 0 Å². The molecule has 0 heterocycles. The van der Waals surface area contributed by atoms with Crippen molar-refractivity contribution in [3.8, 4) is 16.9 Å². The summed E-state index contributed by atoms with van der Waals surface area (Å²) in [7, 11) is 0. The first kappa shape index (κ1) is 43.6. The molecule has 0 aromatic heterocycles. The molecule has 0 unspecified atom stereocenters. The molecule has 4 rings (SSSR count). The van der Waals surface area contributed by atoms with E-state index in [1.807, 2.05) is 24.3 Å². The molecule has 1 aliphatic rings. The molecule has 0 spiro atoms. The van der Waals surface area contributed by atoms with Crippen LogP contribution in [0.25, 0.3) is 11.1 Å². The zero-order valence-corrected chi connectivity index (χ0v) is 31.8. The molecule has 0 saturated heterocycles. The lowest BCUT2D eigenvalue weighted by Gasteiger charge is -2.14. The van der Waals surface area contributed by atoms with Gasteiger partial charge in [0.2, 0.25) is 5.91 Å². The second-order valence-corrected chi connectivity index (χ2v) is 12.2. The molecule has 0 saturated carbocycles. The van der Waals surface area contributed by atoms with Crippen molar-refractivity contribution in [2.75, 3.05) is 131 Å². The minimum absolute atomic E-state index is 0.0338. The van der Waals surface area contributed by atoms with Crippen molar-refractivity contribution in [1.29, 1.82) is 0 Å². The van der Waals surface area contributed by atoms with E-state index in [4.69, 9.17) is 47.4 Å². The summed E-state index contributed by atoms with van der Waals surface area (Å²) < 4.78 is 55.2. The third-order valence-corrected chi connectivity index (χ3v) is 8.13. The van der Waals surface area contributed by atoms with Crippen LogP contribution in [-0.4, -0.2) is 137 Å². The number of amides is 2. The summed E-state index contributed by atoms with van der Waals surface area (Å²) in [6, 6.07) is 23.7. The van der Waals surface area contributed by atoms with Crippen LogP contribution in [0, 0.1) is 0 Å². The van der Waals surface area contributed by atoms with Crippen LogP contribution in [0.15, 0.2) is 72.8 Å². The molecule has 0 radical (unpaired) electrons. The number of alkyl carbamates (subject to hydrolysis) is 1. The Labute approximate surface area is 323 Å². The van der Waals surface area contributed by atoms with E-state index in [1.54, 1.807) is 24.3 Å². The van der Waals surface area contributed by atoms with Crippen LogP contribution in [0.2, 0.25) is 0 Å². The largest absolute Gasteiger partial charge is 0.491 e. The van der Waals surface area contributed by atoms with E-state index >= 15 is 0 Å². The average molecular weight is 769 g/mol. The molecule has 3 aromatic rings. The van der Waals surface area contributed by atoms with Gasteiger partial charge in [0.25, 0.3) is 0 Å². The van der Waals surface area contributed by atoms with Gasteiger partial charge in [-0.3, -0.25) is 4.79 Å². The van der Waals surface area contributed by atoms with Crippen LogP contribution >= 0.6 is 0 Å². The minimum Gasteiger partial charge on any atom is -0.491 e. The Hall–Kier alpha value is -4.12. The molecular weight excluding hydrogens is 712 g/mol. The van der Waals surface area contributed by atoms with Gasteiger partial charge in [0.1, 0.15) is 19.0 Å². The van der Waals surface area contributed by atoms with Gasteiger partial charge in [0, 0.05) is 25.1 Å². The van der Waals surface area contributed by atoms with Crippen LogP contribution < -0.4 is 15.4 Å². The first-order chi connectivity index (χ1) is 27.1. The first-order valence-corrected chi connectivity index (χ1v) is 18.8. The molecule has 2 N–H and O–H groups in total. The summed E-state index contributed by atoms with van der Waals surface area (Å²) in [5.74, 6) is 0.634. The summed E-state index contributed by atoms with van der Waals surface area (Å²) in [5, 5.41) is 5.45. The summed E-state index contributed by atoms with van der Waals surface area (Å²) in [6.45, 7) is 9.90. The Kier molecular flexibility index (Phi) is 21.8. The van der Waals surface area contributed by atoms with Crippen molar-refractivity contribution >= 4 is 17.7 Å². The van der Waals surface area contributed by atoms with E-state index in [0.717, 1.165) is 5.69 Å². The summed E-state index contributed by atoms with van der Waals surface area (Å²) in [4.78, 5) is 23.3. The van der Waals surface area contributed by atoms with Crippen molar-refractivity contribution in [1.82, 2.24) is 5.32 Å². The fraction of sp³-hybridized carbons (Fsp3) is 0.512. The maximum Gasteiger partial charge on any atom is 0.407 e. The summed E-state index contributed by atoms with van der Waals surface area (Å²) in [6.07, 6.45) is -0.455. The SMILES string of the molecule is CC(=O)Nc1ccc(OCCOCCOCCOCCOCCOCCOCCOCCOCCNC(=O)OCC2c3ccccc3-c3ccccc32)cc1. The quantitative estimate of drug-likeness (QED) is 0.0875. The average Bonchev–Trinajstić information content (AvgIpc) is 3.52. The number of carbonyl (C=O) groups excluding carboxylic acids is 2. The number of rotatable bonds is 31. The Morgan fingerprint density at radius 3 is 1.35 bits per heavy atom. The Balaban J connectivity index is 0.806.